The third-order valence-electron chi connectivity index (χ3n) is 4.62. The predicted molar refractivity (Wildman–Crippen MR) is 111 cm³/mol. The van der Waals surface area contributed by atoms with Crippen molar-refractivity contribution in [3.8, 4) is 11.1 Å². The molecule has 0 aliphatic rings. The van der Waals surface area contributed by atoms with Crippen LogP contribution in [-0.2, 0) is 16.6 Å². The van der Waals surface area contributed by atoms with Crippen molar-refractivity contribution in [2.24, 2.45) is 7.05 Å². The van der Waals surface area contributed by atoms with E-state index < -0.39 is 12.1 Å². The molecule has 0 saturated heterocycles. The number of hydrogen-bond acceptors (Lipinski definition) is 5. The molecule has 6 nitrogen and oxygen atoms in total. The van der Waals surface area contributed by atoms with Gasteiger partial charge in [0.1, 0.15) is 4.88 Å². The molecule has 2 aromatic heterocycles. The van der Waals surface area contributed by atoms with Crippen molar-refractivity contribution in [3.63, 3.8) is 0 Å². The number of ether oxygens (including phenoxy) is 1. The Kier molecular flexibility index (Phi) is 5.65. The Morgan fingerprint density at radius 3 is 2.43 bits per heavy atom. The normalized spacial score (nSPS) is 11.9. The largest absolute Gasteiger partial charge is 0.448 e. The van der Waals surface area contributed by atoms with Crippen LogP contribution in [0.3, 0.4) is 0 Å². The van der Waals surface area contributed by atoms with E-state index in [1.807, 2.05) is 63.5 Å². The number of nitrogens with one attached hydrogen (secondary N) is 1. The Morgan fingerprint density at radius 2 is 1.82 bits per heavy atom. The van der Waals surface area contributed by atoms with Gasteiger partial charge in [-0.15, -0.1) is 11.3 Å². The zero-order valence-corrected chi connectivity index (χ0v) is 17.4. The quantitative estimate of drug-likeness (QED) is 0.653. The number of amides is 1. The minimum Gasteiger partial charge on any atom is -0.448 e. The maximum atomic E-state index is 12.7. The van der Waals surface area contributed by atoms with Crippen LogP contribution in [0.25, 0.3) is 11.1 Å². The number of aryl methyl sites for hydroxylation is 3. The van der Waals surface area contributed by atoms with E-state index >= 15 is 0 Å². The van der Waals surface area contributed by atoms with Crippen molar-refractivity contribution >= 4 is 28.9 Å². The van der Waals surface area contributed by atoms with Crippen molar-refractivity contribution in [2.75, 3.05) is 5.32 Å². The van der Waals surface area contributed by atoms with Crippen molar-refractivity contribution in [3.05, 3.63) is 57.5 Å². The van der Waals surface area contributed by atoms with Crippen molar-refractivity contribution in [2.45, 2.75) is 33.8 Å². The van der Waals surface area contributed by atoms with Gasteiger partial charge >= 0.3 is 5.97 Å². The third-order valence-corrected chi connectivity index (χ3v) is 5.52. The van der Waals surface area contributed by atoms with Crippen molar-refractivity contribution in [1.82, 2.24) is 9.78 Å². The van der Waals surface area contributed by atoms with E-state index in [2.05, 4.69) is 10.4 Å². The Labute approximate surface area is 168 Å². The van der Waals surface area contributed by atoms with Crippen LogP contribution in [0, 0.1) is 20.8 Å². The van der Waals surface area contributed by atoms with E-state index in [9.17, 15) is 9.59 Å². The molecule has 0 saturated carbocycles. The number of esters is 1. The molecular weight excluding hydrogens is 374 g/mol. The van der Waals surface area contributed by atoms with E-state index in [0.29, 0.717) is 16.3 Å². The smallest absolute Gasteiger partial charge is 0.349 e. The summed E-state index contributed by atoms with van der Waals surface area (Å²) < 4.78 is 7.13. The van der Waals surface area contributed by atoms with Crippen LogP contribution in [0.4, 0.5) is 5.69 Å². The minimum absolute atomic E-state index is 0.388. The van der Waals surface area contributed by atoms with Crippen LogP contribution < -0.4 is 5.32 Å². The van der Waals surface area contributed by atoms with Gasteiger partial charge in [-0.05, 0) is 44.7 Å². The molecular formula is C21H23N3O3S. The summed E-state index contributed by atoms with van der Waals surface area (Å²) in [6.45, 7) is 7.26. The van der Waals surface area contributed by atoms with Crippen molar-refractivity contribution in [1.29, 1.82) is 0 Å². The van der Waals surface area contributed by atoms with Gasteiger partial charge in [0, 0.05) is 12.6 Å². The molecule has 0 fully saturated rings. The first-order valence-electron chi connectivity index (χ1n) is 8.94. The number of nitrogens with zero attached hydrogens (tertiary/aromatic N) is 2. The summed E-state index contributed by atoms with van der Waals surface area (Å²) in [4.78, 5) is 25.6. The van der Waals surface area contributed by atoms with E-state index in [4.69, 9.17) is 4.74 Å². The molecule has 3 rings (SSSR count). The first kappa shape index (κ1) is 19.8. The van der Waals surface area contributed by atoms with E-state index in [-0.39, 0.29) is 5.91 Å². The molecule has 0 spiro atoms. The fourth-order valence-corrected chi connectivity index (χ4v) is 3.67. The fourth-order valence-electron chi connectivity index (χ4n) is 2.87. The summed E-state index contributed by atoms with van der Waals surface area (Å²) in [6.07, 6.45) is -0.931. The number of rotatable bonds is 5. The number of aromatic nitrogens is 2. The second-order valence-corrected chi connectivity index (χ2v) is 7.65. The summed E-state index contributed by atoms with van der Waals surface area (Å²) in [5, 5.41) is 8.92. The van der Waals surface area contributed by atoms with Gasteiger partial charge in [-0.1, -0.05) is 29.8 Å². The molecule has 3 aromatic rings. The van der Waals surface area contributed by atoms with Gasteiger partial charge in [0.15, 0.2) is 6.10 Å². The van der Waals surface area contributed by atoms with Gasteiger partial charge in [-0.2, -0.15) is 5.10 Å². The molecule has 1 atom stereocenters. The maximum Gasteiger partial charge on any atom is 0.349 e. The Balaban J connectivity index is 1.72. The standard InChI is InChI=1S/C21H23N3O3S/c1-12-6-8-16(9-7-12)17-10-11-28-19(17)21(26)27-15(4)20(25)22-18-13(2)23-24(5)14(18)3/h6-11,15H,1-5H3,(H,22,25)/t15-/m1/s1. The van der Waals surface area contributed by atoms with Crippen molar-refractivity contribution < 1.29 is 14.3 Å². The third kappa shape index (κ3) is 3.99. The molecule has 2 heterocycles. The number of anilines is 1. The van der Waals surface area contributed by atoms with Crippen LogP contribution >= 0.6 is 11.3 Å². The highest BCUT2D eigenvalue weighted by molar-refractivity contribution is 7.12. The van der Waals surface area contributed by atoms with Crippen LogP contribution in [0.5, 0.6) is 0 Å². The first-order valence-corrected chi connectivity index (χ1v) is 9.82. The molecule has 0 bridgehead atoms. The molecule has 146 valence electrons. The average Bonchev–Trinajstić information content (AvgIpc) is 3.23. The SMILES string of the molecule is Cc1ccc(-c2ccsc2C(=O)O[C@H](C)C(=O)Nc2c(C)nn(C)c2C)cc1. The van der Waals surface area contributed by atoms with Crippen LogP contribution in [0.1, 0.15) is 33.5 Å². The zero-order chi connectivity index (χ0) is 20.4. The lowest BCUT2D eigenvalue weighted by Crippen LogP contribution is -2.30. The topological polar surface area (TPSA) is 73.2 Å². The molecule has 7 heteroatoms. The highest BCUT2D eigenvalue weighted by Gasteiger charge is 2.24. The predicted octanol–water partition coefficient (Wildman–Crippen LogP) is 4.26. The molecule has 0 unspecified atom stereocenters. The van der Waals surface area contributed by atoms with E-state index in [0.717, 1.165) is 22.4 Å². The van der Waals surface area contributed by atoms with Crippen LogP contribution in [0.15, 0.2) is 35.7 Å². The molecule has 0 aliphatic carbocycles. The van der Waals surface area contributed by atoms with Crippen LogP contribution in [-0.4, -0.2) is 27.8 Å². The van der Waals surface area contributed by atoms with Gasteiger partial charge in [-0.25, -0.2) is 4.79 Å². The minimum atomic E-state index is -0.931. The summed E-state index contributed by atoms with van der Waals surface area (Å²) in [6, 6.07) is 9.82. The lowest BCUT2D eigenvalue weighted by atomic mass is 10.1. The second-order valence-electron chi connectivity index (χ2n) is 6.74. The number of benzene rings is 1. The van der Waals surface area contributed by atoms with Gasteiger partial charge in [-0.3, -0.25) is 9.48 Å². The number of carbonyl (C=O) groups excluding carboxylic acids is 2. The monoisotopic (exact) mass is 397 g/mol. The highest BCUT2D eigenvalue weighted by Crippen LogP contribution is 2.29. The van der Waals surface area contributed by atoms with Gasteiger partial charge in [0.25, 0.3) is 5.91 Å². The Hall–Kier alpha value is -2.93. The molecule has 28 heavy (non-hydrogen) atoms. The highest BCUT2D eigenvalue weighted by atomic mass is 32.1. The average molecular weight is 398 g/mol. The molecule has 1 N–H and O–H groups in total. The van der Waals surface area contributed by atoms with Gasteiger partial charge < -0.3 is 10.1 Å². The Morgan fingerprint density at radius 1 is 1.14 bits per heavy atom. The summed E-state index contributed by atoms with van der Waals surface area (Å²) in [7, 11) is 1.81. The lowest BCUT2D eigenvalue weighted by Gasteiger charge is -2.14. The molecule has 1 amide bonds. The van der Waals surface area contributed by atoms with Gasteiger partial charge in [0.05, 0.1) is 17.1 Å². The van der Waals surface area contributed by atoms with E-state index in [1.165, 1.54) is 11.3 Å². The Bertz CT molecular complexity index is 1020. The molecule has 1 aromatic carbocycles. The molecule has 0 aliphatic heterocycles. The van der Waals surface area contributed by atoms with Crippen LogP contribution in [0.2, 0.25) is 0 Å². The van der Waals surface area contributed by atoms with E-state index in [1.54, 1.807) is 11.6 Å². The lowest BCUT2D eigenvalue weighted by molar-refractivity contribution is -0.123. The molecule has 0 radical (unpaired) electrons. The zero-order valence-electron chi connectivity index (χ0n) is 16.6. The summed E-state index contributed by atoms with van der Waals surface area (Å²) in [5.74, 6) is -0.895. The fraction of sp³-hybridized carbons (Fsp3) is 0.286. The first-order chi connectivity index (χ1) is 13.3. The number of thiophene rings is 1. The van der Waals surface area contributed by atoms with Gasteiger partial charge in [0.2, 0.25) is 0 Å². The maximum absolute atomic E-state index is 12.7. The summed E-state index contributed by atoms with van der Waals surface area (Å²) >= 11 is 1.30. The number of carbonyl (C=O) groups is 2. The summed E-state index contributed by atoms with van der Waals surface area (Å²) in [5.41, 5.74) is 5.09. The number of hydrogen-bond donors (Lipinski definition) is 1. The second kappa shape index (κ2) is 7.98.